The van der Waals surface area contributed by atoms with Crippen molar-refractivity contribution in [2.24, 2.45) is 0 Å². The molecule has 0 bridgehead atoms. The topological polar surface area (TPSA) is 83.6 Å². The summed E-state index contributed by atoms with van der Waals surface area (Å²) >= 11 is 3.11. The number of anilines is 2. The third-order valence-corrected chi connectivity index (χ3v) is 5.63. The lowest BCUT2D eigenvalue weighted by molar-refractivity contribution is 0.948. The van der Waals surface area contributed by atoms with E-state index in [9.17, 15) is 4.79 Å². The summed E-state index contributed by atoms with van der Waals surface area (Å²) in [5.74, 6) is 1.45. The predicted octanol–water partition coefficient (Wildman–Crippen LogP) is 3.85. The largest absolute Gasteiger partial charge is 0.330 e. The molecule has 0 saturated carbocycles. The molecule has 0 unspecified atom stereocenters. The van der Waals surface area contributed by atoms with Crippen LogP contribution in [-0.2, 0) is 6.42 Å². The van der Waals surface area contributed by atoms with Gasteiger partial charge >= 0.3 is 0 Å². The number of rotatable bonds is 6. The average molecular weight is 381 g/mol. The Kier molecular flexibility index (Phi) is 4.94. The molecular weight excluding hydrogens is 366 g/mol. The highest BCUT2D eigenvalue weighted by Crippen LogP contribution is 2.27. The van der Waals surface area contributed by atoms with Gasteiger partial charge in [0.25, 0.3) is 5.56 Å². The van der Waals surface area contributed by atoms with Crippen LogP contribution in [0.4, 0.5) is 10.8 Å². The second-order valence-electron chi connectivity index (χ2n) is 5.49. The van der Waals surface area contributed by atoms with Gasteiger partial charge in [0.2, 0.25) is 5.13 Å². The van der Waals surface area contributed by atoms with Crippen LogP contribution in [0.5, 0.6) is 0 Å². The van der Waals surface area contributed by atoms with Crippen molar-refractivity contribution >= 4 is 44.8 Å². The minimum absolute atomic E-state index is 0.0964. The van der Waals surface area contributed by atoms with Gasteiger partial charge in [-0.3, -0.25) is 4.79 Å². The lowest BCUT2D eigenvalue weighted by atomic mass is 10.2. The molecule has 0 aliphatic heterocycles. The average Bonchev–Trinajstić information content (AvgIpc) is 3.10. The fraction of sp³-hybridized carbons (Fsp3) is 0.111. The molecule has 2 N–H and O–H groups in total. The Hall–Kier alpha value is -2.71. The summed E-state index contributed by atoms with van der Waals surface area (Å²) in [6.45, 7) is 0. The monoisotopic (exact) mass is 381 g/mol. The van der Waals surface area contributed by atoms with Gasteiger partial charge in [0.15, 0.2) is 4.34 Å². The maximum absolute atomic E-state index is 12.1. The van der Waals surface area contributed by atoms with Crippen LogP contribution in [0.2, 0.25) is 0 Å². The molecule has 8 heteroatoms. The molecule has 2 aromatic heterocycles. The van der Waals surface area contributed by atoms with E-state index in [0.29, 0.717) is 17.6 Å². The van der Waals surface area contributed by atoms with Gasteiger partial charge in [-0.15, -0.1) is 10.2 Å². The number of aromatic amines is 1. The molecule has 2 aromatic carbocycles. The van der Waals surface area contributed by atoms with Gasteiger partial charge in [0.1, 0.15) is 5.82 Å². The number of benzene rings is 2. The molecule has 4 aromatic rings. The van der Waals surface area contributed by atoms with Gasteiger partial charge < -0.3 is 10.3 Å². The Morgan fingerprint density at radius 2 is 1.85 bits per heavy atom. The van der Waals surface area contributed by atoms with Crippen molar-refractivity contribution in [3.05, 3.63) is 70.8 Å². The van der Waals surface area contributed by atoms with E-state index in [1.54, 1.807) is 17.8 Å². The van der Waals surface area contributed by atoms with Gasteiger partial charge in [0, 0.05) is 17.9 Å². The van der Waals surface area contributed by atoms with Crippen molar-refractivity contribution in [2.75, 3.05) is 11.1 Å². The Bertz CT molecular complexity index is 1080. The van der Waals surface area contributed by atoms with E-state index < -0.39 is 0 Å². The number of H-pyrrole nitrogens is 1. The number of thioether (sulfide) groups is 1. The number of nitrogens with zero attached hydrogens (tertiary/aromatic N) is 3. The highest BCUT2D eigenvalue weighted by molar-refractivity contribution is 8.01. The van der Waals surface area contributed by atoms with E-state index in [0.717, 1.165) is 26.4 Å². The smallest absolute Gasteiger partial charge is 0.258 e. The number of hydrogen-bond acceptors (Lipinski definition) is 7. The van der Waals surface area contributed by atoms with Crippen LogP contribution < -0.4 is 10.9 Å². The molecule has 0 aliphatic carbocycles. The molecule has 0 radical (unpaired) electrons. The molecule has 0 aliphatic rings. The van der Waals surface area contributed by atoms with Crippen LogP contribution in [0.3, 0.4) is 0 Å². The van der Waals surface area contributed by atoms with E-state index in [1.807, 2.05) is 48.5 Å². The molecule has 0 fully saturated rings. The quantitative estimate of drug-likeness (QED) is 0.494. The Morgan fingerprint density at radius 1 is 1.04 bits per heavy atom. The third-order valence-electron chi connectivity index (χ3n) is 3.66. The fourth-order valence-electron chi connectivity index (χ4n) is 2.45. The summed E-state index contributed by atoms with van der Waals surface area (Å²) in [6, 6.07) is 17.2. The zero-order valence-corrected chi connectivity index (χ0v) is 15.3. The number of fused-ring (bicyclic) bond motifs is 1. The molecule has 26 heavy (non-hydrogen) atoms. The molecular formula is C18H15N5OS2. The van der Waals surface area contributed by atoms with Crippen LogP contribution in [0.25, 0.3) is 10.9 Å². The maximum atomic E-state index is 12.1. The van der Waals surface area contributed by atoms with E-state index in [1.165, 1.54) is 11.3 Å². The van der Waals surface area contributed by atoms with E-state index >= 15 is 0 Å². The normalized spacial score (nSPS) is 10.9. The van der Waals surface area contributed by atoms with Crippen molar-refractivity contribution in [3.63, 3.8) is 0 Å². The minimum atomic E-state index is -0.0964. The lowest BCUT2D eigenvalue weighted by Gasteiger charge is -2.02. The SMILES string of the molecule is O=c1[nH]c(CCSc2nnc(Nc3ccccc3)s2)nc2ccccc12. The molecule has 130 valence electrons. The molecule has 6 nitrogen and oxygen atoms in total. The van der Waals surface area contributed by atoms with E-state index in [4.69, 9.17) is 0 Å². The second kappa shape index (κ2) is 7.67. The number of nitrogens with one attached hydrogen (secondary N) is 2. The highest BCUT2D eigenvalue weighted by atomic mass is 32.2. The lowest BCUT2D eigenvalue weighted by Crippen LogP contribution is -2.12. The van der Waals surface area contributed by atoms with Gasteiger partial charge in [-0.2, -0.15) is 0 Å². The van der Waals surface area contributed by atoms with Crippen LogP contribution in [0.1, 0.15) is 5.82 Å². The summed E-state index contributed by atoms with van der Waals surface area (Å²) in [4.78, 5) is 19.4. The van der Waals surface area contributed by atoms with E-state index in [-0.39, 0.29) is 5.56 Å². The highest BCUT2D eigenvalue weighted by Gasteiger charge is 2.07. The Balaban J connectivity index is 1.37. The standard InChI is InChI=1S/C18H15N5OS2/c24-16-13-8-4-5-9-14(13)20-15(21-16)10-11-25-18-23-22-17(26-18)19-12-6-2-1-3-7-12/h1-9H,10-11H2,(H,19,22)(H,20,21,24). The van der Waals surface area contributed by atoms with Gasteiger partial charge in [-0.05, 0) is 24.3 Å². The summed E-state index contributed by atoms with van der Waals surface area (Å²) in [6.07, 6.45) is 0.659. The second-order valence-corrected chi connectivity index (χ2v) is 7.81. The van der Waals surface area contributed by atoms with Crippen LogP contribution in [0, 0.1) is 0 Å². The van der Waals surface area contributed by atoms with Crippen molar-refractivity contribution in [3.8, 4) is 0 Å². The molecule has 0 saturated heterocycles. The van der Waals surface area contributed by atoms with Crippen LogP contribution in [-0.4, -0.2) is 25.9 Å². The molecule has 2 heterocycles. The molecule has 0 amide bonds. The number of aryl methyl sites for hydroxylation is 1. The van der Waals surface area contributed by atoms with Crippen molar-refractivity contribution in [2.45, 2.75) is 10.8 Å². The zero-order valence-electron chi connectivity index (χ0n) is 13.7. The minimum Gasteiger partial charge on any atom is -0.330 e. The fourth-order valence-corrected chi connectivity index (χ4v) is 4.24. The molecule has 0 spiro atoms. The van der Waals surface area contributed by atoms with Crippen molar-refractivity contribution in [1.29, 1.82) is 0 Å². The van der Waals surface area contributed by atoms with E-state index in [2.05, 4.69) is 25.5 Å². The summed E-state index contributed by atoms with van der Waals surface area (Å²) in [5, 5.41) is 13.0. The van der Waals surface area contributed by atoms with Gasteiger partial charge in [0.05, 0.1) is 10.9 Å². The molecule has 0 atom stereocenters. The molecule has 4 rings (SSSR count). The summed E-state index contributed by atoms with van der Waals surface area (Å²) in [5.41, 5.74) is 1.61. The Morgan fingerprint density at radius 3 is 2.73 bits per heavy atom. The first-order chi connectivity index (χ1) is 12.8. The third kappa shape index (κ3) is 3.92. The zero-order chi connectivity index (χ0) is 17.8. The van der Waals surface area contributed by atoms with Crippen molar-refractivity contribution in [1.82, 2.24) is 20.2 Å². The first-order valence-electron chi connectivity index (χ1n) is 8.04. The number of hydrogen-bond donors (Lipinski definition) is 2. The van der Waals surface area contributed by atoms with Gasteiger partial charge in [-0.25, -0.2) is 4.98 Å². The van der Waals surface area contributed by atoms with Gasteiger partial charge in [-0.1, -0.05) is 53.4 Å². The maximum Gasteiger partial charge on any atom is 0.258 e. The number of para-hydroxylation sites is 2. The van der Waals surface area contributed by atoms with Crippen LogP contribution in [0.15, 0.2) is 63.7 Å². The van der Waals surface area contributed by atoms with Crippen LogP contribution >= 0.6 is 23.1 Å². The first-order valence-corrected chi connectivity index (χ1v) is 9.84. The summed E-state index contributed by atoms with van der Waals surface area (Å²) < 4.78 is 0.881. The predicted molar refractivity (Wildman–Crippen MR) is 106 cm³/mol. The van der Waals surface area contributed by atoms with Crippen molar-refractivity contribution < 1.29 is 0 Å². The Labute approximate surface area is 157 Å². The first kappa shape index (κ1) is 16.7. The summed E-state index contributed by atoms with van der Waals surface area (Å²) in [7, 11) is 0. The number of aromatic nitrogens is 4.